The topological polar surface area (TPSA) is 98.6 Å². The Bertz CT molecular complexity index is 698. The number of nitrogens with one attached hydrogen (secondary N) is 1. The average molecular weight is 254 g/mol. The molecule has 94 valence electrons. The minimum Gasteiger partial charge on any atom is -0.339 e. The van der Waals surface area contributed by atoms with Gasteiger partial charge in [0, 0.05) is 23.7 Å². The highest BCUT2D eigenvalue weighted by atomic mass is 16.2. The number of fused-ring (bicyclic) bond motifs is 1. The summed E-state index contributed by atoms with van der Waals surface area (Å²) in [4.78, 5) is 28.9. The van der Waals surface area contributed by atoms with Gasteiger partial charge in [-0.25, -0.2) is 15.0 Å². The molecule has 0 fully saturated rings. The van der Waals surface area contributed by atoms with E-state index >= 15 is 0 Å². The molecule has 7 heteroatoms. The minimum absolute atomic E-state index is 0.000527. The van der Waals surface area contributed by atoms with Crippen molar-refractivity contribution >= 4 is 11.7 Å². The van der Waals surface area contributed by atoms with Crippen LogP contribution in [0.15, 0.2) is 12.4 Å². The van der Waals surface area contributed by atoms with Gasteiger partial charge in [-0.15, -0.1) is 0 Å². The number of aryl methyl sites for hydroxylation is 1. The molecule has 19 heavy (non-hydrogen) atoms. The third kappa shape index (κ3) is 1.83. The number of anilines is 1. The lowest BCUT2D eigenvalue weighted by Gasteiger charge is -2.11. The van der Waals surface area contributed by atoms with Crippen LogP contribution in [0, 0.1) is 18.3 Å². The highest BCUT2D eigenvalue weighted by molar-refractivity contribution is 6.00. The van der Waals surface area contributed by atoms with Gasteiger partial charge in [0.2, 0.25) is 5.91 Å². The van der Waals surface area contributed by atoms with Gasteiger partial charge in [-0.2, -0.15) is 5.26 Å². The Labute approximate surface area is 108 Å². The average Bonchev–Trinajstić information content (AvgIpc) is 2.95. The van der Waals surface area contributed by atoms with Gasteiger partial charge in [0.05, 0.1) is 12.5 Å². The smallest absolute Gasteiger partial charge is 0.233 e. The molecular formula is C12H10N6O. The number of hydrogen-bond donors (Lipinski definition) is 1. The number of imidazole rings is 1. The molecule has 0 radical (unpaired) electrons. The van der Waals surface area contributed by atoms with Crippen molar-refractivity contribution in [2.24, 2.45) is 0 Å². The van der Waals surface area contributed by atoms with E-state index in [0.717, 1.165) is 11.3 Å². The Morgan fingerprint density at radius 1 is 1.47 bits per heavy atom. The van der Waals surface area contributed by atoms with Crippen LogP contribution < -0.4 is 4.90 Å². The largest absolute Gasteiger partial charge is 0.339 e. The second-order valence-corrected chi connectivity index (χ2v) is 4.27. The molecule has 0 aromatic carbocycles. The Morgan fingerprint density at radius 3 is 3.00 bits per heavy atom. The second kappa shape index (κ2) is 4.17. The molecule has 3 rings (SSSR count). The number of nitriles is 1. The number of carbonyl (C=O) groups is 1. The van der Waals surface area contributed by atoms with E-state index in [2.05, 4.69) is 19.9 Å². The van der Waals surface area contributed by atoms with Crippen molar-refractivity contribution in [1.29, 1.82) is 5.26 Å². The minimum atomic E-state index is -0.126. The van der Waals surface area contributed by atoms with Gasteiger partial charge < -0.3 is 4.98 Å². The van der Waals surface area contributed by atoms with Gasteiger partial charge in [-0.3, -0.25) is 9.69 Å². The monoisotopic (exact) mass is 254 g/mol. The van der Waals surface area contributed by atoms with Crippen LogP contribution in [0.4, 0.5) is 5.82 Å². The Balaban J connectivity index is 2.05. The number of aromatic amines is 1. The molecule has 0 saturated carbocycles. The van der Waals surface area contributed by atoms with Crippen molar-refractivity contribution in [3.05, 3.63) is 23.7 Å². The molecule has 0 aliphatic carbocycles. The summed E-state index contributed by atoms with van der Waals surface area (Å²) in [6.07, 6.45) is 3.55. The van der Waals surface area contributed by atoms with Crippen LogP contribution in [0.25, 0.3) is 11.6 Å². The predicted octanol–water partition coefficient (Wildman–Crippen LogP) is 0.588. The summed E-state index contributed by atoms with van der Waals surface area (Å²) in [5.74, 6) is 1.35. The van der Waals surface area contributed by atoms with Crippen LogP contribution in [0.1, 0.15) is 11.3 Å². The molecule has 0 unspecified atom stereocenters. The fourth-order valence-corrected chi connectivity index (χ4v) is 2.01. The highest BCUT2D eigenvalue weighted by Gasteiger charge is 2.29. The lowest BCUT2D eigenvalue weighted by Crippen LogP contribution is -2.27. The summed E-state index contributed by atoms with van der Waals surface area (Å²) in [6.45, 7) is 1.88. The first-order chi connectivity index (χ1) is 9.19. The molecule has 1 amide bonds. The maximum Gasteiger partial charge on any atom is 0.233 e. The van der Waals surface area contributed by atoms with E-state index in [-0.39, 0.29) is 18.9 Å². The third-order valence-electron chi connectivity index (χ3n) is 2.88. The summed E-state index contributed by atoms with van der Waals surface area (Å²) in [7, 11) is 0. The summed E-state index contributed by atoms with van der Waals surface area (Å²) in [5.41, 5.74) is 1.65. The number of rotatable bonds is 2. The normalized spacial score (nSPS) is 13.5. The van der Waals surface area contributed by atoms with Gasteiger partial charge in [-0.05, 0) is 6.92 Å². The fraction of sp³-hybridized carbons (Fsp3) is 0.250. The lowest BCUT2D eigenvalue weighted by molar-refractivity contribution is -0.117. The predicted molar refractivity (Wildman–Crippen MR) is 66.0 cm³/mol. The van der Waals surface area contributed by atoms with E-state index in [0.29, 0.717) is 17.5 Å². The number of aromatic nitrogens is 4. The van der Waals surface area contributed by atoms with E-state index in [4.69, 9.17) is 5.26 Å². The van der Waals surface area contributed by atoms with Crippen molar-refractivity contribution in [2.75, 3.05) is 11.4 Å². The molecule has 0 atom stereocenters. The standard InChI is InChI=1S/C12H10N6O/c1-7-5-14-10(16-7)11-15-6-8-4-9(19)18(3-2-13)12(8)17-11/h5-6H,3-4H2,1H3,(H,14,16). The van der Waals surface area contributed by atoms with Crippen LogP contribution in [-0.2, 0) is 11.2 Å². The Kier molecular flexibility index (Phi) is 2.49. The van der Waals surface area contributed by atoms with Crippen LogP contribution in [0.5, 0.6) is 0 Å². The number of nitrogens with zero attached hydrogens (tertiary/aromatic N) is 5. The zero-order valence-electron chi connectivity index (χ0n) is 10.2. The molecule has 2 aromatic rings. The summed E-state index contributed by atoms with van der Waals surface area (Å²) >= 11 is 0. The number of carbonyl (C=O) groups excluding carboxylic acids is 1. The second-order valence-electron chi connectivity index (χ2n) is 4.27. The molecule has 1 N–H and O–H groups in total. The third-order valence-corrected chi connectivity index (χ3v) is 2.88. The van der Waals surface area contributed by atoms with Gasteiger partial charge in [0.15, 0.2) is 11.6 Å². The van der Waals surface area contributed by atoms with Gasteiger partial charge in [0.1, 0.15) is 12.4 Å². The quantitative estimate of drug-likeness (QED) is 0.791. The number of H-pyrrole nitrogens is 1. The zero-order valence-corrected chi connectivity index (χ0v) is 10.2. The van der Waals surface area contributed by atoms with Gasteiger partial charge >= 0.3 is 0 Å². The van der Waals surface area contributed by atoms with Gasteiger partial charge in [-0.1, -0.05) is 0 Å². The Hall–Kier alpha value is -2.75. The molecular weight excluding hydrogens is 244 g/mol. The fourth-order valence-electron chi connectivity index (χ4n) is 2.01. The summed E-state index contributed by atoms with van der Waals surface area (Å²) < 4.78 is 0. The first-order valence-corrected chi connectivity index (χ1v) is 5.74. The van der Waals surface area contributed by atoms with Crippen LogP contribution in [-0.4, -0.2) is 32.4 Å². The molecule has 0 bridgehead atoms. The van der Waals surface area contributed by atoms with E-state index in [1.54, 1.807) is 12.4 Å². The van der Waals surface area contributed by atoms with Crippen molar-refractivity contribution in [3.8, 4) is 17.7 Å². The van der Waals surface area contributed by atoms with Crippen LogP contribution >= 0.6 is 0 Å². The molecule has 0 spiro atoms. The number of hydrogen-bond acceptors (Lipinski definition) is 5. The van der Waals surface area contributed by atoms with E-state index in [1.165, 1.54) is 4.90 Å². The molecule has 2 aromatic heterocycles. The Morgan fingerprint density at radius 2 is 2.32 bits per heavy atom. The van der Waals surface area contributed by atoms with Crippen LogP contribution in [0.3, 0.4) is 0 Å². The van der Waals surface area contributed by atoms with E-state index in [9.17, 15) is 4.79 Å². The zero-order chi connectivity index (χ0) is 13.4. The maximum atomic E-state index is 11.8. The highest BCUT2D eigenvalue weighted by Crippen LogP contribution is 2.27. The van der Waals surface area contributed by atoms with Crippen LogP contribution in [0.2, 0.25) is 0 Å². The summed E-state index contributed by atoms with van der Waals surface area (Å²) in [6, 6.07) is 1.97. The number of amides is 1. The molecule has 1 aliphatic heterocycles. The lowest BCUT2D eigenvalue weighted by atomic mass is 10.3. The first kappa shape index (κ1) is 11.3. The molecule has 1 aliphatic rings. The SMILES string of the molecule is Cc1cnc(-c2ncc3c(n2)N(CC#N)C(=O)C3)[nH]1. The van der Waals surface area contributed by atoms with Crippen molar-refractivity contribution in [2.45, 2.75) is 13.3 Å². The maximum absolute atomic E-state index is 11.8. The van der Waals surface area contributed by atoms with Gasteiger partial charge in [0.25, 0.3) is 0 Å². The first-order valence-electron chi connectivity index (χ1n) is 5.74. The van der Waals surface area contributed by atoms with E-state index in [1.807, 2.05) is 13.0 Å². The van der Waals surface area contributed by atoms with Crippen molar-refractivity contribution in [1.82, 2.24) is 19.9 Å². The van der Waals surface area contributed by atoms with Crippen molar-refractivity contribution < 1.29 is 4.79 Å². The van der Waals surface area contributed by atoms with Crippen molar-refractivity contribution in [3.63, 3.8) is 0 Å². The summed E-state index contributed by atoms with van der Waals surface area (Å²) in [5, 5.41) is 8.75. The van der Waals surface area contributed by atoms with E-state index < -0.39 is 0 Å². The molecule has 3 heterocycles. The molecule has 7 nitrogen and oxygen atoms in total. The molecule has 0 saturated heterocycles.